The van der Waals surface area contributed by atoms with E-state index in [0.717, 1.165) is 21.2 Å². The van der Waals surface area contributed by atoms with Crippen molar-refractivity contribution in [2.24, 2.45) is 0 Å². The number of benzene rings is 1. The van der Waals surface area contributed by atoms with Crippen LogP contribution in [0.2, 0.25) is 0 Å². The molecular formula is C16H15N3OS2. The van der Waals surface area contributed by atoms with Crippen molar-refractivity contribution in [2.45, 2.75) is 20.3 Å². The van der Waals surface area contributed by atoms with Gasteiger partial charge in [0.15, 0.2) is 0 Å². The zero-order chi connectivity index (χ0) is 15.5. The van der Waals surface area contributed by atoms with Crippen LogP contribution < -0.4 is 5.32 Å². The van der Waals surface area contributed by atoms with Crippen LogP contribution in [-0.4, -0.2) is 16.1 Å². The van der Waals surface area contributed by atoms with Gasteiger partial charge in [-0.05, 0) is 25.5 Å². The maximum Gasteiger partial charge on any atom is 0.258 e. The Labute approximate surface area is 136 Å². The molecule has 0 radical (unpaired) electrons. The molecule has 6 heteroatoms. The van der Waals surface area contributed by atoms with Gasteiger partial charge < -0.3 is 0 Å². The summed E-state index contributed by atoms with van der Waals surface area (Å²) < 4.78 is 0. The van der Waals surface area contributed by atoms with Crippen LogP contribution in [0.1, 0.15) is 30.7 Å². The number of carbonyl (C=O) groups excluding carboxylic acids is 1. The standard InChI is InChI=1S/C16H15N3OS2/c1-10-8-13(11(2)21-10)15(20)17-16-19-18-14(22-16)9-12-6-4-3-5-7-12/h3-8H,9H2,1-2H3,(H,17,19,20). The lowest BCUT2D eigenvalue weighted by Crippen LogP contribution is -2.11. The summed E-state index contributed by atoms with van der Waals surface area (Å²) in [7, 11) is 0. The van der Waals surface area contributed by atoms with Crippen LogP contribution in [0.4, 0.5) is 5.13 Å². The summed E-state index contributed by atoms with van der Waals surface area (Å²) in [4.78, 5) is 14.4. The Bertz CT molecular complexity index is 793. The Morgan fingerprint density at radius 1 is 1.14 bits per heavy atom. The third-order valence-electron chi connectivity index (χ3n) is 3.17. The first-order valence-corrected chi connectivity index (χ1v) is 8.50. The van der Waals surface area contributed by atoms with E-state index in [4.69, 9.17) is 0 Å². The van der Waals surface area contributed by atoms with Crippen molar-refractivity contribution >= 4 is 33.7 Å². The summed E-state index contributed by atoms with van der Waals surface area (Å²) in [5, 5.41) is 12.5. The van der Waals surface area contributed by atoms with E-state index in [1.807, 2.05) is 38.1 Å². The molecule has 0 saturated heterocycles. The van der Waals surface area contributed by atoms with Crippen molar-refractivity contribution in [1.29, 1.82) is 0 Å². The monoisotopic (exact) mass is 329 g/mol. The maximum atomic E-state index is 12.3. The van der Waals surface area contributed by atoms with Gasteiger partial charge in [-0.25, -0.2) is 0 Å². The Morgan fingerprint density at radius 3 is 2.59 bits per heavy atom. The molecule has 0 fully saturated rings. The van der Waals surface area contributed by atoms with Crippen LogP contribution in [0.3, 0.4) is 0 Å². The van der Waals surface area contributed by atoms with Crippen LogP contribution in [0, 0.1) is 13.8 Å². The molecule has 0 aliphatic rings. The third kappa shape index (κ3) is 3.40. The maximum absolute atomic E-state index is 12.3. The van der Waals surface area contributed by atoms with E-state index in [2.05, 4.69) is 27.6 Å². The lowest BCUT2D eigenvalue weighted by molar-refractivity contribution is 0.102. The minimum atomic E-state index is -0.121. The van der Waals surface area contributed by atoms with E-state index in [1.165, 1.54) is 16.9 Å². The molecule has 1 aromatic carbocycles. The van der Waals surface area contributed by atoms with Gasteiger partial charge in [0, 0.05) is 16.2 Å². The van der Waals surface area contributed by atoms with Gasteiger partial charge in [-0.3, -0.25) is 10.1 Å². The lowest BCUT2D eigenvalue weighted by Gasteiger charge is -1.99. The van der Waals surface area contributed by atoms with E-state index in [-0.39, 0.29) is 5.91 Å². The smallest absolute Gasteiger partial charge is 0.258 e. The number of amides is 1. The quantitative estimate of drug-likeness (QED) is 0.785. The highest BCUT2D eigenvalue weighted by Crippen LogP contribution is 2.23. The minimum Gasteiger partial charge on any atom is -0.296 e. The molecular weight excluding hydrogens is 314 g/mol. The lowest BCUT2D eigenvalue weighted by atomic mass is 10.2. The molecule has 3 rings (SSSR count). The number of carbonyl (C=O) groups is 1. The molecule has 1 amide bonds. The number of anilines is 1. The molecule has 0 atom stereocenters. The zero-order valence-electron chi connectivity index (χ0n) is 12.3. The fourth-order valence-corrected chi connectivity index (χ4v) is 3.86. The van der Waals surface area contributed by atoms with Crippen molar-refractivity contribution in [1.82, 2.24) is 10.2 Å². The molecule has 2 heterocycles. The highest BCUT2D eigenvalue weighted by molar-refractivity contribution is 7.15. The summed E-state index contributed by atoms with van der Waals surface area (Å²) >= 11 is 3.03. The second-order valence-corrected chi connectivity index (χ2v) is 7.47. The Morgan fingerprint density at radius 2 is 1.91 bits per heavy atom. The summed E-state index contributed by atoms with van der Waals surface area (Å²) in [5.74, 6) is -0.121. The van der Waals surface area contributed by atoms with Crippen molar-refractivity contribution < 1.29 is 4.79 Å². The van der Waals surface area contributed by atoms with E-state index in [9.17, 15) is 4.79 Å². The number of thiophene rings is 1. The predicted octanol–water partition coefficient (Wildman–Crippen LogP) is 4.06. The summed E-state index contributed by atoms with van der Waals surface area (Å²) in [5.41, 5.74) is 1.89. The second kappa shape index (κ2) is 6.37. The predicted molar refractivity (Wildman–Crippen MR) is 90.9 cm³/mol. The van der Waals surface area contributed by atoms with Crippen LogP contribution in [-0.2, 0) is 6.42 Å². The molecule has 1 N–H and O–H groups in total. The van der Waals surface area contributed by atoms with Gasteiger partial charge >= 0.3 is 0 Å². The summed E-state index contributed by atoms with van der Waals surface area (Å²) in [6.07, 6.45) is 0.727. The fourth-order valence-electron chi connectivity index (χ4n) is 2.17. The Hall–Kier alpha value is -2.05. The summed E-state index contributed by atoms with van der Waals surface area (Å²) in [6, 6.07) is 12.0. The minimum absolute atomic E-state index is 0.121. The normalized spacial score (nSPS) is 10.6. The van der Waals surface area contributed by atoms with Gasteiger partial charge in [0.2, 0.25) is 5.13 Å². The van der Waals surface area contributed by atoms with Crippen LogP contribution in [0.5, 0.6) is 0 Å². The molecule has 22 heavy (non-hydrogen) atoms. The number of nitrogens with zero attached hydrogens (tertiary/aromatic N) is 2. The second-order valence-electron chi connectivity index (χ2n) is 4.94. The zero-order valence-corrected chi connectivity index (χ0v) is 13.9. The van der Waals surface area contributed by atoms with E-state index in [1.54, 1.807) is 11.3 Å². The molecule has 0 aliphatic heterocycles. The largest absolute Gasteiger partial charge is 0.296 e. The number of aryl methyl sites for hydroxylation is 2. The topological polar surface area (TPSA) is 54.9 Å². The SMILES string of the molecule is Cc1cc(C(=O)Nc2nnc(Cc3ccccc3)s2)c(C)s1. The number of hydrogen-bond acceptors (Lipinski definition) is 5. The number of nitrogens with one attached hydrogen (secondary N) is 1. The number of aromatic nitrogens is 2. The number of rotatable bonds is 4. The molecule has 0 saturated carbocycles. The van der Waals surface area contributed by atoms with Gasteiger partial charge in [0.05, 0.1) is 5.56 Å². The van der Waals surface area contributed by atoms with Gasteiger partial charge in [-0.2, -0.15) is 0 Å². The molecule has 2 aromatic heterocycles. The highest BCUT2D eigenvalue weighted by atomic mass is 32.1. The van der Waals surface area contributed by atoms with Gasteiger partial charge in [-0.1, -0.05) is 41.7 Å². The van der Waals surface area contributed by atoms with Crippen LogP contribution >= 0.6 is 22.7 Å². The van der Waals surface area contributed by atoms with Gasteiger partial charge in [-0.15, -0.1) is 21.5 Å². The first kappa shape index (κ1) is 14.9. The third-order valence-corrected chi connectivity index (χ3v) is 4.98. The summed E-state index contributed by atoms with van der Waals surface area (Å²) in [6.45, 7) is 3.95. The first-order valence-electron chi connectivity index (χ1n) is 6.86. The molecule has 4 nitrogen and oxygen atoms in total. The van der Waals surface area contributed by atoms with E-state index >= 15 is 0 Å². The fraction of sp³-hybridized carbons (Fsp3) is 0.188. The van der Waals surface area contributed by atoms with E-state index in [0.29, 0.717) is 10.7 Å². The van der Waals surface area contributed by atoms with E-state index < -0.39 is 0 Å². The average molecular weight is 329 g/mol. The molecule has 0 spiro atoms. The van der Waals surface area contributed by atoms with Crippen LogP contribution in [0.15, 0.2) is 36.4 Å². The van der Waals surface area contributed by atoms with Crippen molar-refractivity contribution in [3.05, 3.63) is 62.3 Å². The number of hydrogen-bond donors (Lipinski definition) is 1. The molecule has 3 aromatic rings. The van der Waals surface area contributed by atoms with Gasteiger partial charge in [0.25, 0.3) is 5.91 Å². The Balaban J connectivity index is 1.69. The first-order chi connectivity index (χ1) is 10.6. The molecule has 112 valence electrons. The van der Waals surface area contributed by atoms with Crippen molar-refractivity contribution in [2.75, 3.05) is 5.32 Å². The van der Waals surface area contributed by atoms with Crippen molar-refractivity contribution in [3.63, 3.8) is 0 Å². The van der Waals surface area contributed by atoms with Gasteiger partial charge in [0.1, 0.15) is 5.01 Å². The molecule has 0 unspecified atom stereocenters. The van der Waals surface area contributed by atoms with Crippen molar-refractivity contribution in [3.8, 4) is 0 Å². The average Bonchev–Trinajstić information content (AvgIpc) is 3.06. The Kier molecular flexibility index (Phi) is 4.31. The molecule has 0 aliphatic carbocycles. The molecule has 0 bridgehead atoms. The van der Waals surface area contributed by atoms with Crippen LogP contribution in [0.25, 0.3) is 0 Å². The highest BCUT2D eigenvalue weighted by Gasteiger charge is 2.14.